The highest BCUT2D eigenvalue weighted by Crippen LogP contribution is 2.22. The summed E-state index contributed by atoms with van der Waals surface area (Å²) in [7, 11) is 0. The van der Waals surface area contributed by atoms with E-state index in [-0.39, 0.29) is 34.8 Å². The maximum absolute atomic E-state index is 13.9. The van der Waals surface area contributed by atoms with Gasteiger partial charge in [-0.1, -0.05) is 26.8 Å². The van der Waals surface area contributed by atoms with Crippen molar-refractivity contribution in [3.8, 4) is 11.4 Å². The molecule has 0 bridgehead atoms. The van der Waals surface area contributed by atoms with Crippen LogP contribution in [0.25, 0.3) is 11.4 Å². The second kappa shape index (κ2) is 8.23. The predicted molar refractivity (Wildman–Crippen MR) is 104 cm³/mol. The van der Waals surface area contributed by atoms with Crippen LogP contribution < -0.4 is 5.32 Å². The zero-order chi connectivity index (χ0) is 21.2. The lowest BCUT2D eigenvalue weighted by molar-refractivity contribution is -0.140. The number of nitrogens with zero attached hydrogens (tertiary/aromatic N) is 3. The first-order chi connectivity index (χ1) is 13.7. The monoisotopic (exact) mass is 402 g/mol. The molecule has 0 radical (unpaired) electrons. The molecule has 0 unspecified atom stereocenters. The molecule has 1 aliphatic heterocycles. The van der Waals surface area contributed by atoms with Gasteiger partial charge in [0, 0.05) is 36.9 Å². The first-order valence-corrected chi connectivity index (χ1v) is 9.53. The Labute approximate surface area is 168 Å². The highest BCUT2D eigenvalue weighted by Gasteiger charge is 2.30. The van der Waals surface area contributed by atoms with Crippen molar-refractivity contribution < 1.29 is 18.4 Å². The van der Waals surface area contributed by atoms with Crippen molar-refractivity contribution in [2.45, 2.75) is 39.7 Å². The molecule has 154 valence electrons. The van der Waals surface area contributed by atoms with Crippen molar-refractivity contribution in [2.24, 2.45) is 5.41 Å². The number of carbonyl (C=O) groups is 2. The predicted octanol–water partition coefficient (Wildman–Crippen LogP) is 3.19. The van der Waals surface area contributed by atoms with E-state index in [4.69, 9.17) is 0 Å². The van der Waals surface area contributed by atoms with Crippen molar-refractivity contribution in [2.75, 3.05) is 13.1 Å². The lowest BCUT2D eigenvalue weighted by Crippen LogP contribution is -2.49. The molecule has 2 aromatic rings. The van der Waals surface area contributed by atoms with Crippen molar-refractivity contribution in [1.82, 2.24) is 20.2 Å². The molecule has 0 saturated carbocycles. The van der Waals surface area contributed by atoms with Gasteiger partial charge in [0.25, 0.3) is 5.91 Å². The molecule has 2 heterocycles. The van der Waals surface area contributed by atoms with Crippen molar-refractivity contribution >= 4 is 11.8 Å². The molecule has 1 fully saturated rings. The molecular formula is C21H24F2N4O2. The van der Waals surface area contributed by atoms with Crippen LogP contribution in [0, 0.1) is 17.0 Å². The van der Waals surface area contributed by atoms with Gasteiger partial charge in [-0.05, 0) is 25.0 Å². The second-order valence-corrected chi connectivity index (χ2v) is 8.19. The van der Waals surface area contributed by atoms with E-state index in [2.05, 4.69) is 15.3 Å². The molecule has 2 amide bonds. The average Bonchev–Trinajstić information content (AvgIpc) is 2.69. The van der Waals surface area contributed by atoms with E-state index in [1.165, 1.54) is 24.5 Å². The Morgan fingerprint density at radius 2 is 1.72 bits per heavy atom. The SMILES string of the molecule is CC(C)(C)C(=O)N1CCC(NC(=O)c2cnc(-c3cccc(F)c3F)nc2)CC1. The Balaban J connectivity index is 1.59. The molecule has 1 aromatic carbocycles. The summed E-state index contributed by atoms with van der Waals surface area (Å²) < 4.78 is 27.2. The third kappa shape index (κ3) is 4.75. The van der Waals surface area contributed by atoms with Crippen LogP contribution in [0.5, 0.6) is 0 Å². The zero-order valence-corrected chi connectivity index (χ0v) is 16.7. The van der Waals surface area contributed by atoms with Crippen LogP contribution in [0.2, 0.25) is 0 Å². The Kier molecular flexibility index (Phi) is 5.91. The molecule has 0 spiro atoms. The molecular weight excluding hydrogens is 378 g/mol. The Morgan fingerprint density at radius 3 is 2.31 bits per heavy atom. The third-order valence-electron chi connectivity index (χ3n) is 4.87. The first-order valence-electron chi connectivity index (χ1n) is 9.53. The Hall–Kier alpha value is -2.90. The minimum absolute atomic E-state index is 0.00699. The number of aromatic nitrogens is 2. The second-order valence-electron chi connectivity index (χ2n) is 8.19. The number of benzene rings is 1. The quantitative estimate of drug-likeness (QED) is 0.856. The standard InChI is InChI=1S/C21H24F2N4O2/c1-21(2,3)20(29)27-9-7-14(8-10-27)26-19(28)13-11-24-18(25-12-13)15-5-4-6-16(22)17(15)23/h4-6,11-12,14H,7-10H2,1-3H3,(H,26,28). The minimum atomic E-state index is -1.03. The summed E-state index contributed by atoms with van der Waals surface area (Å²) in [5.41, 5.74) is -0.248. The van der Waals surface area contributed by atoms with Gasteiger partial charge in [0.1, 0.15) is 0 Å². The maximum atomic E-state index is 13.9. The molecule has 1 saturated heterocycles. The van der Waals surface area contributed by atoms with Crippen molar-refractivity contribution in [1.29, 1.82) is 0 Å². The van der Waals surface area contributed by atoms with Gasteiger partial charge in [-0.3, -0.25) is 9.59 Å². The first kappa shape index (κ1) is 20.8. The van der Waals surface area contributed by atoms with Gasteiger partial charge in [0.15, 0.2) is 17.5 Å². The molecule has 8 heteroatoms. The number of amides is 2. The third-order valence-corrected chi connectivity index (χ3v) is 4.87. The lowest BCUT2D eigenvalue weighted by atomic mass is 9.93. The van der Waals surface area contributed by atoms with E-state index in [1.807, 2.05) is 25.7 Å². The molecule has 6 nitrogen and oxygen atoms in total. The van der Waals surface area contributed by atoms with Crippen LogP contribution in [-0.2, 0) is 4.79 Å². The molecule has 29 heavy (non-hydrogen) atoms. The van der Waals surface area contributed by atoms with Crippen LogP contribution in [0.1, 0.15) is 44.0 Å². The molecule has 0 aliphatic carbocycles. The van der Waals surface area contributed by atoms with E-state index < -0.39 is 17.0 Å². The van der Waals surface area contributed by atoms with E-state index in [9.17, 15) is 18.4 Å². The number of nitrogens with one attached hydrogen (secondary N) is 1. The van der Waals surface area contributed by atoms with Gasteiger partial charge in [-0.25, -0.2) is 18.7 Å². The fraction of sp³-hybridized carbons (Fsp3) is 0.429. The van der Waals surface area contributed by atoms with Crippen LogP contribution >= 0.6 is 0 Å². The number of rotatable bonds is 3. The van der Waals surface area contributed by atoms with E-state index >= 15 is 0 Å². The van der Waals surface area contributed by atoms with E-state index in [0.717, 1.165) is 6.07 Å². The summed E-state index contributed by atoms with van der Waals surface area (Å²) in [6.45, 7) is 6.86. The summed E-state index contributed by atoms with van der Waals surface area (Å²) in [5.74, 6) is -2.23. The summed E-state index contributed by atoms with van der Waals surface area (Å²) >= 11 is 0. The number of likely N-dealkylation sites (tertiary alicyclic amines) is 1. The molecule has 3 rings (SSSR count). The molecule has 1 aliphatic rings. The van der Waals surface area contributed by atoms with Gasteiger partial charge in [0.2, 0.25) is 5.91 Å². The molecule has 1 aromatic heterocycles. The highest BCUT2D eigenvalue weighted by atomic mass is 19.2. The van der Waals surface area contributed by atoms with E-state index in [0.29, 0.717) is 25.9 Å². The normalized spacial score (nSPS) is 15.3. The van der Waals surface area contributed by atoms with Gasteiger partial charge in [0.05, 0.1) is 11.1 Å². The van der Waals surface area contributed by atoms with Gasteiger partial charge >= 0.3 is 0 Å². The summed E-state index contributed by atoms with van der Waals surface area (Å²) in [4.78, 5) is 34.6. The lowest BCUT2D eigenvalue weighted by Gasteiger charge is -2.36. The smallest absolute Gasteiger partial charge is 0.254 e. The topological polar surface area (TPSA) is 75.2 Å². The van der Waals surface area contributed by atoms with Gasteiger partial charge in [-0.15, -0.1) is 0 Å². The zero-order valence-electron chi connectivity index (χ0n) is 16.7. The number of piperidine rings is 1. The minimum Gasteiger partial charge on any atom is -0.349 e. The fourth-order valence-corrected chi connectivity index (χ4v) is 3.23. The van der Waals surface area contributed by atoms with Gasteiger partial charge in [-0.2, -0.15) is 0 Å². The number of hydrogen-bond acceptors (Lipinski definition) is 4. The number of halogens is 2. The average molecular weight is 402 g/mol. The van der Waals surface area contributed by atoms with Crippen LogP contribution in [0.3, 0.4) is 0 Å². The number of carbonyl (C=O) groups excluding carboxylic acids is 2. The van der Waals surface area contributed by atoms with Crippen molar-refractivity contribution in [3.63, 3.8) is 0 Å². The molecule has 1 N–H and O–H groups in total. The van der Waals surface area contributed by atoms with Crippen molar-refractivity contribution in [3.05, 3.63) is 47.8 Å². The maximum Gasteiger partial charge on any atom is 0.254 e. The molecule has 0 atom stereocenters. The summed E-state index contributed by atoms with van der Waals surface area (Å²) in [5, 5.41) is 2.92. The summed E-state index contributed by atoms with van der Waals surface area (Å²) in [6, 6.07) is 3.71. The Bertz CT molecular complexity index is 902. The number of hydrogen-bond donors (Lipinski definition) is 1. The van der Waals surface area contributed by atoms with Gasteiger partial charge < -0.3 is 10.2 Å². The Morgan fingerprint density at radius 1 is 1.10 bits per heavy atom. The van der Waals surface area contributed by atoms with Crippen LogP contribution in [-0.4, -0.2) is 45.8 Å². The van der Waals surface area contributed by atoms with E-state index in [1.54, 1.807) is 0 Å². The van der Waals surface area contributed by atoms with Crippen LogP contribution in [0.4, 0.5) is 8.78 Å². The largest absolute Gasteiger partial charge is 0.349 e. The highest BCUT2D eigenvalue weighted by molar-refractivity contribution is 5.94. The summed E-state index contributed by atoms with van der Waals surface area (Å²) in [6.07, 6.45) is 3.92. The van der Waals surface area contributed by atoms with Crippen LogP contribution in [0.15, 0.2) is 30.6 Å². The fourth-order valence-electron chi connectivity index (χ4n) is 3.23.